The van der Waals surface area contributed by atoms with Crippen molar-refractivity contribution in [2.24, 2.45) is 0 Å². The molecule has 2 heterocycles. The van der Waals surface area contributed by atoms with Crippen molar-refractivity contribution in [1.82, 2.24) is 9.80 Å². The van der Waals surface area contributed by atoms with Crippen LogP contribution >= 0.6 is 0 Å². The third-order valence-electron chi connectivity index (χ3n) is 5.30. The van der Waals surface area contributed by atoms with Crippen molar-refractivity contribution < 1.29 is 32.5 Å². The quantitative estimate of drug-likeness (QED) is 0.697. The molecule has 0 radical (unpaired) electrons. The second-order valence-corrected chi connectivity index (χ2v) is 7.29. The van der Waals surface area contributed by atoms with Crippen LogP contribution < -0.4 is 18.9 Å². The highest BCUT2D eigenvalue weighted by Gasteiger charge is 2.24. The van der Waals surface area contributed by atoms with Crippen molar-refractivity contribution in [2.45, 2.75) is 13.2 Å². The van der Waals surface area contributed by atoms with Crippen LogP contribution in [0.25, 0.3) is 0 Å². The molecule has 4 rings (SSSR count). The topological polar surface area (TPSA) is 60.5 Å². The molecule has 7 nitrogen and oxygen atoms in total. The number of ether oxygens (including phenoxy) is 4. The average Bonchev–Trinajstić information content (AvgIpc) is 2.79. The van der Waals surface area contributed by atoms with Crippen LogP contribution in [0.1, 0.15) is 15.9 Å². The minimum atomic E-state index is -2.96. The number of amides is 1. The first-order chi connectivity index (χ1) is 15.0. The van der Waals surface area contributed by atoms with Gasteiger partial charge in [-0.1, -0.05) is 6.07 Å². The van der Waals surface area contributed by atoms with Gasteiger partial charge in [-0.2, -0.15) is 8.78 Å². The lowest BCUT2D eigenvalue weighted by Gasteiger charge is -2.35. The standard InChI is InChI=1S/C22H24F2N2O5/c1-28-19-13-16(3-5-18(19)31-22(23)24)21(27)26-8-6-25(7-9-26)14-15-2-4-17-20(12-15)30-11-10-29-17/h2-5,12-13,22H,6-11,14H2,1H3. The molecule has 0 spiro atoms. The van der Waals surface area contributed by atoms with Gasteiger partial charge in [-0.15, -0.1) is 0 Å². The molecule has 1 fully saturated rings. The SMILES string of the molecule is COc1cc(C(=O)N2CCN(Cc3ccc4c(c3)OCCO4)CC2)ccc1OC(F)F. The predicted octanol–water partition coefficient (Wildman–Crippen LogP) is 3.03. The zero-order valence-corrected chi connectivity index (χ0v) is 17.2. The number of carbonyl (C=O) groups excluding carboxylic acids is 1. The minimum Gasteiger partial charge on any atom is -0.493 e. The fourth-order valence-corrected chi connectivity index (χ4v) is 3.73. The summed E-state index contributed by atoms with van der Waals surface area (Å²) in [5.74, 6) is 1.37. The first-order valence-corrected chi connectivity index (χ1v) is 10.1. The second-order valence-electron chi connectivity index (χ2n) is 7.29. The summed E-state index contributed by atoms with van der Waals surface area (Å²) in [6, 6.07) is 10.2. The molecule has 0 atom stereocenters. The molecule has 2 aliphatic rings. The van der Waals surface area contributed by atoms with E-state index in [2.05, 4.69) is 9.64 Å². The molecule has 0 N–H and O–H groups in total. The maximum Gasteiger partial charge on any atom is 0.387 e. The number of carbonyl (C=O) groups is 1. The number of halogens is 2. The molecular weight excluding hydrogens is 410 g/mol. The lowest BCUT2D eigenvalue weighted by Crippen LogP contribution is -2.48. The van der Waals surface area contributed by atoms with Gasteiger partial charge in [-0.3, -0.25) is 9.69 Å². The van der Waals surface area contributed by atoms with Gasteiger partial charge in [-0.25, -0.2) is 0 Å². The predicted molar refractivity (Wildman–Crippen MR) is 108 cm³/mol. The van der Waals surface area contributed by atoms with Crippen LogP contribution in [0, 0.1) is 0 Å². The van der Waals surface area contributed by atoms with Crippen LogP contribution in [0.3, 0.4) is 0 Å². The number of hydrogen-bond acceptors (Lipinski definition) is 6. The third kappa shape index (κ3) is 4.99. The highest BCUT2D eigenvalue weighted by molar-refractivity contribution is 5.95. The molecule has 1 amide bonds. The zero-order valence-electron chi connectivity index (χ0n) is 17.2. The Balaban J connectivity index is 1.34. The van der Waals surface area contributed by atoms with Gasteiger partial charge in [-0.05, 0) is 35.9 Å². The maximum atomic E-state index is 12.9. The first-order valence-electron chi connectivity index (χ1n) is 10.1. The summed E-state index contributed by atoms with van der Waals surface area (Å²) in [7, 11) is 1.35. The Hall–Kier alpha value is -3.07. The average molecular weight is 434 g/mol. The van der Waals surface area contributed by atoms with Gasteiger partial charge >= 0.3 is 6.61 Å². The van der Waals surface area contributed by atoms with Gasteiger partial charge in [0.25, 0.3) is 5.91 Å². The van der Waals surface area contributed by atoms with E-state index >= 15 is 0 Å². The van der Waals surface area contributed by atoms with E-state index in [9.17, 15) is 13.6 Å². The molecule has 2 aliphatic heterocycles. The molecule has 166 valence electrons. The molecule has 2 aromatic rings. The van der Waals surface area contributed by atoms with E-state index < -0.39 is 6.61 Å². The van der Waals surface area contributed by atoms with Gasteiger partial charge < -0.3 is 23.8 Å². The van der Waals surface area contributed by atoms with Crippen molar-refractivity contribution in [3.05, 3.63) is 47.5 Å². The lowest BCUT2D eigenvalue weighted by molar-refractivity contribution is -0.0512. The van der Waals surface area contributed by atoms with Gasteiger partial charge in [0.2, 0.25) is 0 Å². The summed E-state index contributed by atoms with van der Waals surface area (Å²) in [4.78, 5) is 16.9. The monoisotopic (exact) mass is 434 g/mol. The Morgan fingerprint density at radius 3 is 2.45 bits per heavy atom. The number of alkyl halides is 2. The van der Waals surface area contributed by atoms with Crippen molar-refractivity contribution in [3.63, 3.8) is 0 Å². The summed E-state index contributed by atoms with van der Waals surface area (Å²) in [5, 5.41) is 0. The molecular formula is C22H24F2N2O5. The minimum absolute atomic E-state index is 0.0988. The van der Waals surface area contributed by atoms with Gasteiger partial charge in [0.1, 0.15) is 13.2 Å². The largest absolute Gasteiger partial charge is 0.493 e. The van der Waals surface area contributed by atoms with Crippen LogP contribution in [-0.2, 0) is 6.54 Å². The number of methoxy groups -OCH3 is 1. The first kappa shape index (κ1) is 21.2. The fraction of sp³-hybridized carbons (Fsp3) is 0.409. The van der Waals surface area contributed by atoms with Gasteiger partial charge in [0.05, 0.1) is 7.11 Å². The van der Waals surface area contributed by atoms with Crippen molar-refractivity contribution >= 4 is 5.91 Å². The van der Waals surface area contributed by atoms with E-state index in [1.54, 1.807) is 4.90 Å². The Labute approximate surface area is 179 Å². The third-order valence-corrected chi connectivity index (χ3v) is 5.30. The van der Waals surface area contributed by atoms with E-state index in [0.717, 1.165) is 36.7 Å². The Kier molecular flexibility index (Phi) is 6.41. The van der Waals surface area contributed by atoms with Crippen molar-refractivity contribution in [1.29, 1.82) is 0 Å². The second kappa shape index (κ2) is 9.38. The molecule has 9 heteroatoms. The smallest absolute Gasteiger partial charge is 0.387 e. The van der Waals surface area contributed by atoms with E-state index in [1.807, 2.05) is 18.2 Å². The number of piperazine rings is 1. The maximum absolute atomic E-state index is 12.9. The molecule has 0 aromatic heterocycles. The Morgan fingerprint density at radius 2 is 1.74 bits per heavy atom. The van der Waals surface area contributed by atoms with Crippen LogP contribution in [0.15, 0.2) is 36.4 Å². The lowest BCUT2D eigenvalue weighted by atomic mass is 10.1. The van der Waals surface area contributed by atoms with Gasteiger partial charge in [0, 0.05) is 38.3 Å². The molecule has 0 saturated carbocycles. The highest BCUT2D eigenvalue weighted by atomic mass is 19.3. The van der Waals surface area contributed by atoms with E-state index in [1.165, 1.54) is 25.3 Å². The van der Waals surface area contributed by atoms with E-state index in [4.69, 9.17) is 14.2 Å². The summed E-state index contributed by atoms with van der Waals surface area (Å²) in [6.07, 6.45) is 0. The molecule has 2 aromatic carbocycles. The summed E-state index contributed by atoms with van der Waals surface area (Å²) in [5.41, 5.74) is 1.50. The summed E-state index contributed by atoms with van der Waals surface area (Å²) >= 11 is 0. The number of benzene rings is 2. The number of rotatable bonds is 6. The van der Waals surface area contributed by atoms with Crippen molar-refractivity contribution in [3.8, 4) is 23.0 Å². The number of fused-ring (bicyclic) bond motifs is 1. The Morgan fingerprint density at radius 1 is 1.00 bits per heavy atom. The van der Waals surface area contributed by atoms with E-state index in [-0.39, 0.29) is 17.4 Å². The highest BCUT2D eigenvalue weighted by Crippen LogP contribution is 2.32. The summed E-state index contributed by atoms with van der Waals surface area (Å²) in [6.45, 7) is 1.51. The molecule has 0 bridgehead atoms. The van der Waals surface area contributed by atoms with Gasteiger partial charge in [0.15, 0.2) is 23.0 Å². The molecule has 0 unspecified atom stereocenters. The van der Waals surface area contributed by atoms with Crippen LogP contribution in [0.2, 0.25) is 0 Å². The van der Waals surface area contributed by atoms with Crippen LogP contribution in [0.4, 0.5) is 8.78 Å². The molecule has 0 aliphatic carbocycles. The number of hydrogen-bond donors (Lipinski definition) is 0. The van der Waals surface area contributed by atoms with Crippen LogP contribution in [-0.4, -0.2) is 68.8 Å². The molecule has 1 saturated heterocycles. The summed E-state index contributed by atoms with van der Waals surface area (Å²) < 4.78 is 45.7. The normalized spacial score (nSPS) is 16.3. The van der Waals surface area contributed by atoms with E-state index in [0.29, 0.717) is 31.9 Å². The van der Waals surface area contributed by atoms with Crippen molar-refractivity contribution in [2.75, 3.05) is 46.5 Å². The number of nitrogens with zero attached hydrogens (tertiary/aromatic N) is 2. The van der Waals surface area contributed by atoms with Crippen LogP contribution in [0.5, 0.6) is 23.0 Å². The fourth-order valence-electron chi connectivity index (χ4n) is 3.73. The molecule has 31 heavy (non-hydrogen) atoms. The Bertz CT molecular complexity index is 932. The zero-order chi connectivity index (χ0) is 21.8.